The van der Waals surface area contributed by atoms with Crippen LogP contribution in [-0.4, -0.2) is 68.8 Å². The van der Waals surface area contributed by atoms with Crippen LogP contribution in [0.4, 0.5) is 35.9 Å². The highest BCUT2D eigenvalue weighted by Gasteiger charge is 2.31. The summed E-state index contributed by atoms with van der Waals surface area (Å²) in [6.07, 6.45) is -11.4. The first-order chi connectivity index (χ1) is 18.3. The number of nitrogens with two attached hydrogens (primary N) is 1. The minimum Gasteiger partial charge on any atom is -0.440 e. The molecular weight excluding hydrogens is 633 g/mol. The number of rotatable bonds is 10. The van der Waals surface area contributed by atoms with E-state index in [1.54, 1.807) is 27.7 Å². The molecule has 0 aliphatic carbocycles. The van der Waals surface area contributed by atoms with Crippen LogP contribution in [0.5, 0.6) is 0 Å². The molecule has 238 valence electrons. The van der Waals surface area contributed by atoms with Gasteiger partial charge in [-0.3, -0.25) is 4.79 Å². The first-order valence-corrected chi connectivity index (χ1v) is 12.4. The molecule has 1 aromatic rings. The number of carbonyl (C=O) groups excluding carboxylic acids is 3. The zero-order valence-electron chi connectivity index (χ0n) is 22.4. The molecule has 0 bridgehead atoms. The van der Waals surface area contributed by atoms with Gasteiger partial charge in [-0.1, -0.05) is 50.9 Å². The summed E-state index contributed by atoms with van der Waals surface area (Å²) in [7, 11) is 0. The topological polar surface area (TPSA) is 132 Å². The van der Waals surface area contributed by atoms with Gasteiger partial charge in [0.2, 0.25) is 0 Å². The Morgan fingerprint density at radius 2 is 1.29 bits per heavy atom. The average Bonchev–Trinajstić information content (AvgIpc) is 2.81. The van der Waals surface area contributed by atoms with Crippen molar-refractivity contribution in [1.82, 2.24) is 16.0 Å². The van der Waals surface area contributed by atoms with Gasteiger partial charge in [-0.15, -0.1) is 12.4 Å². The largest absolute Gasteiger partial charge is 0.440 e. The lowest BCUT2D eigenvalue weighted by atomic mass is 10.0. The molecule has 0 saturated heterocycles. The number of carbonyl (C=O) groups is 3. The molecule has 0 radical (unpaired) electrons. The number of alkyl carbamates (subject to hydrolysis) is 2. The van der Waals surface area contributed by atoms with Crippen LogP contribution in [0.1, 0.15) is 38.1 Å². The fraction of sp³-hybridized carbons (Fsp3) is 0.609. The van der Waals surface area contributed by atoms with Crippen LogP contribution in [0.25, 0.3) is 0 Å². The lowest BCUT2D eigenvalue weighted by Gasteiger charge is -2.22. The number of hydrogen-bond acceptors (Lipinski definition) is 6. The Bertz CT molecular complexity index is 969. The third-order valence-corrected chi connectivity index (χ3v) is 5.41. The molecule has 0 unspecified atom stereocenters. The number of ether oxygens (including phenoxy) is 2. The van der Waals surface area contributed by atoms with E-state index in [-0.39, 0.29) is 54.0 Å². The lowest BCUT2D eigenvalue weighted by molar-refractivity contribution is -0.160. The molecule has 0 fully saturated rings. The lowest BCUT2D eigenvalue weighted by Crippen LogP contribution is -2.47. The van der Waals surface area contributed by atoms with Crippen molar-refractivity contribution in [2.75, 3.05) is 26.3 Å². The maximum absolute atomic E-state index is 12.1. The van der Waals surface area contributed by atoms with Gasteiger partial charge >= 0.3 is 24.5 Å². The predicted octanol–water partition coefficient (Wildman–Crippen LogP) is 5.72. The van der Waals surface area contributed by atoms with E-state index >= 15 is 0 Å². The number of halogens is 9. The van der Waals surface area contributed by atoms with E-state index in [1.165, 1.54) is 18.2 Å². The van der Waals surface area contributed by atoms with Crippen molar-refractivity contribution in [2.24, 2.45) is 17.6 Å². The number of benzene rings is 1. The van der Waals surface area contributed by atoms with Crippen molar-refractivity contribution in [3.05, 3.63) is 33.8 Å². The Morgan fingerprint density at radius 1 is 0.854 bits per heavy atom. The van der Waals surface area contributed by atoms with Crippen LogP contribution in [0, 0.1) is 11.8 Å². The molecule has 9 nitrogen and oxygen atoms in total. The Kier molecular flexibility index (Phi) is 18.8. The highest BCUT2D eigenvalue weighted by molar-refractivity contribution is 6.36. The molecule has 0 aliphatic heterocycles. The summed E-state index contributed by atoms with van der Waals surface area (Å²) < 4.78 is 79.1. The van der Waals surface area contributed by atoms with Crippen LogP contribution >= 0.6 is 35.6 Å². The minimum atomic E-state index is -4.61. The minimum absolute atomic E-state index is 0. The van der Waals surface area contributed by atoms with E-state index in [1.807, 2.05) is 0 Å². The molecule has 0 aliphatic rings. The third-order valence-electron chi connectivity index (χ3n) is 4.86. The van der Waals surface area contributed by atoms with Crippen molar-refractivity contribution in [1.29, 1.82) is 0 Å². The van der Waals surface area contributed by atoms with Gasteiger partial charge in [0, 0.05) is 24.2 Å². The Hall–Kier alpha value is -2.36. The third kappa shape index (κ3) is 19.4. The highest BCUT2D eigenvalue weighted by Crippen LogP contribution is 2.21. The summed E-state index contributed by atoms with van der Waals surface area (Å²) in [6.45, 7) is 3.91. The quantitative estimate of drug-likeness (QED) is 0.237. The second kappa shape index (κ2) is 18.9. The fourth-order valence-electron chi connectivity index (χ4n) is 2.60. The summed E-state index contributed by atoms with van der Waals surface area (Å²) in [6, 6.07) is 3.33. The normalized spacial score (nSPS) is 12.8. The van der Waals surface area contributed by atoms with Crippen molar-refractivity contribution in [3.8, 4) is 0 Å². The molecule has 2 atom stereocenters. The van der Waals surface area contributed by atoms with Gasteiger partial charge in [0.25, 0.3) is 5.91 Å². The number of hydrogen-bond donors (Lipinski definition) is 4. The molecule has 1 rings (SSSR count). The van der Waals surface area contributed by atoms with E-state index < -0.39 is 49.7 Å². The van der Waals surface area contributed by atoms with Crippen molar-refractivity contribution in [2.45, 2.75) is 52.1 Å². The Morgan fingerprint density at radius 3 is 1.66 bits per heavy atom. The number of amides is 3. The monoisotopic (exact) mass is 664 g/mol. The second-order valence-electron chi connectivity index (χ2n) is 8.94. The van der Waals surface area contributed by atoms with Gasteiger partial charge in [0.15, 0.2) is 13.2 Å². The van der Waals surface area contributed by atoms with Gasteiger partial charge in [-0.2, -0.15) is 26.3 Å². The van der Waals surface area contributed by atoms with Crippen LogP contribution in [-0.2, 0) is 9.47 Å². The first kappa shape index (κ1) is 40.8. The van der Waals surface area contributed by atoms with E-state index in [0.717, 1.165) is 0 Å². The van der Waals surface area contributed by atoms with E-state index in [2.05, 4.69) is 25.4 Å². The van der Waals surface area contributed by atoms with Gasteiger partial charge in [0.05, 0.1) is 16.6 Å². The molecule has 0 heterocycles. The maximum atomic E-state index is 12.1. The highest BCUT2D eigenvalue weighted by atomic mass is 35.5. The fourth-order valence-corrected chi connectivity index (χ4v) is 3.10. The average molecular weight is 666 g/mol. The SMILES string of the molecule is CC(C)[C@@H](CN)NC(=O)OCC(F)(F)F.CC(C)[C@@H](CNC(=O)c1ccc(Cl)cc1Cl)NC(=O)OCC(F)(F)F.Cl. The predicted molar refractivity (Wildman–Crippen MR) is 143 cm³/mol. The van der Waals surface area contributed by atoms with Crippen LogP contribution in [0.3, 0.4) is 0 Å². The van der Waals surface area contributed by atoms with Crippen molar-refractivity contribution in [3.63, 3.8) is 0 Å². The molecule has 0 saturated carbocycles. The zero-order chi connectivity index (χ0) is 31.3. The van der Waals surface area contributed by atoms with Crippen LogP contribution < -0.4 is 21.7 Å². The summed E-state index contributed by atoms with van der Waals surface area (Å²) in [4.78, 5) is 34.4. The first-order valence-electron chi connectivity index (χ1n) is 11.7. The van der Waals surface area contributed by atoms with Crippen molar-refractivity contribution < 1.29 is 50.2 Å². The number of nitrogens with one attached hydrogen (secondary N) is 3. The van der Waals surface area contributed by atoms with Gasteiger partial charge in [-0.25, -0.2) is 9.59 Å². The summed E-state index contributed by atoms with van der Waals surface area (Å²) in [5.41, 5.74) is 5.50. The maximum Gasteiger partial charge on any atom is 0.422 e. The molecule has 5 N–H and O–H groups in total. The van der Waals surface area contributed by atoms with E-state index in [0.29, 0.717) is 5.02 Å². The molecule has 1 aromatic carbocycles. The molecule has 3 amide bonds. The molecular formula is C23H33Cl3F6N4O5. The smallest absolute Gasteiger partial charge is 0.422 e. The molecule has 0 aromatic heterocycles. The standard InChI is InChI=1S/C15H17Cl2F3N2O3.C8H15F3N2O2.ClH/c1-8(2)12(22-14(24)25-7-15(18,19)20)6-21-13(23)10-4-3-9(16)5-11(10)17;1-5(2)6(3-12)13-7(14)15-4-8(9,10)11;/h3-5,8,12H,6-7H2,1-2H3,(H,21,23)(H,22,24);5-6H,3-4,12H2,1-2H3,(H,13,14);1H/t12-;6-;/m11./s1. The Balaban J connectivity index is 0. The number of alkyl halides is 6. The summed E-state index contributed by atoms with van der Waals surface area (Å²) in [5.74, 6) is -0.634. The van der Waals surface area contributed by atoms with E-state index in [9.17, 15) is 40.7 Å². The molecule has 0 spiro atoms. The summed E-state index contributed by atoms with van der Waals surface area (Å²) in [5, 5.41) is 7.63. The second-order valence-corrected chi connectivity index (χ2v) is 9.79. The van der Waals surface area contributed by atoms with Gasteiger partial charge in [0.1, 0.15) is 0 Å². The van der Waals surface area contributed by atoms with Crippen LogP contribution in [0.2, 0.25) is 10.0 Å². The zero-order valence-corrected chi connectivity index (χ0v) is 24.7. The van der Waals surface area contributed by atoms with Gasteiger partial charge in [-0.05, 0) is 30.0 Å². The van der Waals surface area contributed by atoms with Crippen molar-refractivity contribution >= 4 is 53.7 Å². The van der Waals surface area contributed by atoms with Crippen LogP contribution in [0.15, 0.2) is 18.2 Å². The van der Waals surface area contributed by atoms with Gasteiger partial charge < -0.3 is 31.2 Å². The summed E-state index contributed by atoms with van der Waals surface area (Å²) >= 11 is 11.7. The molecule has 41 heavy (non-hydrogen) atoms. The molecule has 18 heteroatoms. The Labute approximate surface area is 249 Å². The van der Waals surface area contributed by atoms with E-state index in [4.69, 9.17) is 28.9 Å².